The Morgan fingerprint density at radius 1 is 1.31 bits per heavy atom. The van der Waals surface area contributed by atoms with E-state index in [0.717, 1.165) is 21.9 Å². The number of halogens is 2. The molecule has 0 atom stereocenters. The van der Waals surface area contributed by atoms with Gasteiger partial charge in [-0.2, -0.15) is 0 Å². The van der Waals surface area contributed by atoms with Crippen LogP contribution >= 0.6 is 27.5 Å². The van der Waals surface area contributed by atoms with Crippen molar-refractivity contribution in [2.45, 2.75) is 19.9 Å². The highest BCUT2D eigenvalue weighted by atomic mass is 79.9. The summed E-state index contributed by atoms with van der Waals surface area (Å²) in [5.74, 6) is 0.218. The first kappa shape index (κ1) is 18.9. The summed E-state index contributed by atoms with van der Waals surface area (Å²) in [6, 6.07) is 13.0. The number of aromatic nitrogens is 2. The molecule has 5 nitrogen and oxygen atoms in total. The molecule has 0 spiro atoms. The molecule has 1 aromatic heterocycles. The number of carbonyl (C=O) groups excluding carboxylic acids is 1. The number of carbonyl (C=O) groups is 1. The quantitative estimate of drug-likeness (QED) is 0.522. The topological polar surface area (TPSA) is 56.1 Å². The van der Waals surface area contributed by atoms with Crippen LogP contribution in [0, 0.1) is 0 Å². The number of anilines is 1. The minimum Gasteiger partial charge on any atom is -0.382 e. The highest BCUT2D eigenvalue weighted by Gasteiger charge is 2.16. The molecule has 3 aromatic rings. The molecular weight excluding hydrogens is 418 g/mol. The zero-order chi connectivity index (χ0) is 18.5. The van der Waals surface area contributed by atoms with E-state index in [0.29, 0.717) is 36.3 Å². The average molecular weight is 437 g/mol. The van der Waals surface area contributed by atoms with Gasteiger partial charge >= 0.3 is 0 Å². The van der Waals surface area contributed by atoms with Gasteiger partial charge in [0.05, 0.1) is 21.6 Å². The minimum absolute atomic E-state index is 0.288. The first-order chi connectivity index (χ1) is 12.6. The highest BCUT2D eigenvalue weighted by molar-refractivity contribution is 9.10. The van der Waals surface area contributed by atoms with Gasteiger partial charge in [-0.3, -0.25) is 10.1 Å². The molecule has 0 saturated heterocycles. The fourth-order valence-electron chi connectivity index (χ4n) is 2.71. The summed E-state index contributed by atoms with van der Waals surface area (Å²) in [5, 5.41) is 3.27. The fourth-order valence-corrected chi connectivity index (χ4v) is 3.47. The van der Waals surface area contributed by atoms with E-state index >= 15 is 0 Å². The van der Waals surface area contributed by atoms with Crippen LogP contribution in [0.3, 0.4) is 0 Å². The number of hydrogen-bond acceptors (Lipinski definition) is 3. The second kappa shape index (κ2) is 8.66. The summed E-state index contributed by atoms with van der Waals surface area (Å²) in [5.41, 5.74) is 2.21. The minimum atomic E-state index is -0.288. The van der Waals surface area contributed by atoms with Gasteiger partial charge < -0.3 is 9.30 Å². The summed E-state index contributed by atoms with van der Waals surface area (Å²) in [7, 11) is 0. The molecule has 0 bridgehead atoms. The number of aryl methyl sites for hydroxylation is 1. The number of ether oxygens (including phenoxy) is 1. The Balaban J connectivity index is 1.87. The second-order valence-electron chi connectivity index (χ2n) is 5.70. The molecule has 1 heterocycles. The smallest absolute Gasteiger partial charge is 0.259 e. The maximum absolute atomic E-state index is 12.7. The molecule has 2 aromatic carbocycles. The van der Waals surface area contributed by atoms with Gasteiger partial charge in [0.15, 0.2) is 0 Å². The van der Waals surface area contributed by atoms with E-state index in [9.17, 15) is 4.79 Å². The number of rotatable bonds is 7. The van der Waals surface area contributed by atoms with Crippen LogP contribution in [0.5, 0.6) is 0 Å². The average Bonchev–Trinajstić information content (AvgIpc) is 2.96. The standard InChI is InChI=1S/C19H19BrClN3O2/c1-2-26-11-5-10-24-17-7-4-3-6-16(17)22-19(24)23-18(25)14-9-8-13(20)12-15(14)21/h3-4,6-9,12H,2,5,10-11H2,1H3,(H,22,23,25). The van der Waals surface area contributed by atoms with Gasteiger partial charge in [0.2, 0.25) is 5.95 Å². The molecule has 7 heteroatoms. The summed E-state index contributed by atoms with van der Waals surface area (Å²) < 4.78 is 8.24. The lowest BCUT2D eigenvalue weighted by Crippen LogP contribution is -2.17. The summed E-state index contributed by atoms with van der Waals surface area (Å²) in [6.45, 7) is 4.02. The predicted molar refractivity (Wildman–Crippen MR) is 108 cm³/mol. The molecule has 1 N–H and O–H groups in total. The van der Waals surface area contributed by atoms with Crippen LogP contribution in [-0.2, 0) is 11.3 Å². The molecule has 136 valence electrons. The number of benzene rings is 2. The lowest BCUT2D eigenvalue weighted by atomic mass is 10.2. The van der Waals surface area contributed by atoms with Gasteiger partial charge in [0, 0.05) is 24.2 Å². The Morgan fingerprint density at radius 2 is 2.12 bits per heavy atom. The van der Waals surface area contributed by atoms with E-state index in [1.807, 2.05) is 35.8 Å². The predicted octanol–water partition coefficient (Wildman–Crippen LogP) is 5.13. The lowest BCUT2D eigenvalue weighted by Gasteiger charge is -2.11. The van der Waals surface area contributed by atoms with E-state index in [1.165, 1.54) is 0 Å². The lowest BCUT2D eigenvalue weighted by molar-refractivity contribution is 0.102. The molecule has 0 radical (unpaired) electrons. The number of para-hydroxylation sites is 2. The van der Waals surface area contributed by atoms with Crippen molar-refractivity contribution in [2.24, 2.45) is 0 Å². The third kappa shape index (κ3) is 4.26. The van der Waals surface area contributed by atoms with Crippen molar-refractivity contribution in [3.8, 4) is 0 Å². The van der Waals surface area contributed by atoms with Crippen molar-refractivity contribution in [3.63, 3.8) is 0 Å². The molecule has 0 aliphatic heterocycles. The van der Waals surface area contributed by atoms with Crippen LogP contribution in [0.2, 0.25) is 5.02 Å². The van der Waals surface area contributed by atoms with Crippen molar-refractivity contribution in [3.05, 3.63) is 57.5 Å². The maximum Gasteiger partial charge on any atom is 0.259 e. The Labute approximate surface area is 165 Å². The Kier molecular flexibility index (Phi) is 6.29. The highest BCUT2D eigenvalue weighted by Crippen LogP contribution is 2.24. The normalized spacial score (nSPS) is 11.0. The van der Waals surface area contributed by atoms with Crippen LogP contribution in [0.15, 0.2) is 46.9 Å². The van der Waals surface area contributed by atoms with Crippen molar-refractivity contribution in [2.75, 3.05) is 18.5 Å². The van der Waals surface area contributed by atoms with Crippen LogP contribution in [-0.4, -0.2) is 28.7 Å². The summed E-state index contributed by atoms with van der Waals surface area (Å²) >= 11 is 9.54. The third-order valence-corrected chi connectivity index (χ3v) is 4.74. The maximum atomic E-state index is 12.7. The monoisotopic (exact) mass is 435 g/mol. The van der Waals surface area contributed by atoms with Gasteiger partial charge in [-0.1, -0.05) is 39.7 Å². The van der Waals surface area contributed by atoms with Gasteiger partial charge in [0.25, 0.3) is 5.91 Å². The zero-order valence-corrected chi connectivity index (χ0v) is 16.7. The van der Waals surface area contributed by atoms with Crippen molar-refractivity contribution < 1.29 is 9.53 Å². The number of nitrogens with one attached hydrogen (secondary N) is 1. The van der Waals surface area contributed by atoms with Crippen LogP contribution in [0.4, 0.5) is 5.95 Å². The molecular formula is C19H19BrClN3O2. The molecule has 0 fully saturated rings. The molecule has 0 aliphatic carbocycles. The SMILES string of the molecule is CCOCCCn1c(NC(=O)c2ccc(Br)cc2Cl)nc2ccccc21. The summed E-state index contributed by atoms with van der Waals surface area (Å²) in [6.07, 6.45) is 0.829. The largest absolute Gasteiger partial charge is 0.382 e. The van der Waals surface area contributed by atoms with E-state index < -0.39 is 0 Å². The number of hydrogen-bond donors (Lipinski definition) is 1. The van der Waals surface area contributed by atoms with Crippen LogP contribution in [0.1, 0.15) is 23.7 Å². The molecule has 0 unspecified atom stereocenters. The molecule has 0 aliphatic rings. The van der Waals surface area contributed by atoms with Crippen molar-refractivity contribution in [1.82, 2.24) is 9.55 Å². The van der Waals surface area contributed by atoms with Gasteiger partial charge in [0.1, 0.15) is 0 Å². The molecule has 1 amide bonds. The number of imidazole rings is 1. The molecule has 0 saturated carbocycles. The number of nitrogens with zero attached hydrogens (tertiary/aromatic N) is 2. The van der Waals surface area contributed by atoms with Gasteiger partial charge in [-0.05, 0) is 43.7 Å². The third-order valence-electron chi connectivity index (χ3n) is 3.93. The Morgan fingerprint density at radius 3 is 2.88 bits per heavy atom. The molecule has 26 heavy (non-hydrogen) atoms. The van der Waals surface area contributed by atoms with Crippen molar-refractivity contribution >= 4 is 50.4 Å². The Hall–Kier alpha value is -1.89. The van der Waals surface area contributed by atoms with Crippen LogP contribution in [0.25, 0.3) is 11.0 Å². The van der Waals surface area contributed by atoms with Gasteiger partial charge in [-0.25, -0.2) is 4.98 Å². The van der Waals surface area contributed by atoms with E-state index in [2.05, 4.69) is 26.2 Å². The zero-order valence-electron chi connectivity index (χ0n) is 14.3. The van der Waals surface area contributed by atoms with Gasteiger partial charge in [-0.15, -0.1) is 0 Å². The molecule has 3 rings (SSSR count). The second-order valence-corrected chi connectivity index (χ2v) is 7.03. The number of amides is 1. The first-order valence-electron chi connectivity index (χ1n) is 8.39. The number of fused-ring (bicyclic) bond motifs is 1. The first-order valence-corrected chi connectivity index (χ1v) is 9.56. The fraction of sp³-hybridized carbons (Fsp3) is 0.263. The van der Waals surface area contributed by atoms with E-state index in [-0.39, 0.29) is 5.91 Å². The van der Waals surface area contributed by atoms with E-state index in [1.54, 1.807) is 18.2 Å². The van der Waals surface area contributed by atoms with Crippen molar-refractivity contribution in [1.29, 1.82) is 0 Å². The summed E-state index contributed by atoms with van der Waals surface area (Å²) in [4.78, 5) is 17.2. The van der Waals surface area contributed by atoms with E-state index in [4.69, 9.17) is 16.3 Å². The Bertz CT molecular complexity index is 926. The van der Waals surface area contributed by atoms with Crippen LogP contribution < -0.4 is 5.32 Å².